The number of aliphatic hydroxyl groups is 1. The summed E-state index contributed by atoms with van der Waals surface area (Å²) < 4.78 is 44.7. The number of aldehydes is 1. The van der Waals surface area contributed by atoms with E-state index in [2.05, 4.69) is 30.6 Å². The van der Waals surface area contributed by atoms with E-state index in [4.69, 9.17) is 54.3 Å². The van der Waals surface area contributed by atoms with E-state index in [-0.39, 0.29) is 30.2 Å². The van der Waals surface area contributed by atoms with Crippen LogP contribution in [0.25, 0.3) is 0 Å². The molecule has 25 nitrogen and oxygen atoms in total. The number of methoxy groups -OCH3 is 3. The number of esters is 3. The zero-order valence-electron chi connectivity index (χ0n) is 59.3. The Morgan fingerprint density at radius 1 is 0.396 bits per heavy atom. The maximum Gasteiger partial charge on any atom is 0.334 e. The fraction of sp³-hybridized carbons (Fsp3) is 0.329. The van der Waals surface area contributed by atoms with Crippen molar-refractivity contribution >= 4 is 55.2 Å². The van der Waals surface area contributed by atoms with E-state index in [1.54, 1.807) is 26.2 Å². The summed E-state index contributed by atoms with van der Waals surface area (Å²) in [4.78, 5) is 81.8. The van der Waals surface area contributed by atoms with Crippen molar-refractivity contribution in [2.24, 2.45) is 16.7 Å². The Bertz CT molecular complexity index is 3100. The fourth-order valence-electron chi connectivity index (χ4n) is 6.58. The summed E-state index contributed by atoms with van der Waals surface area (Å²) >= 11 is 0. The normalized spacial score (nSPS) is 12.2. The molecule has 0 saturated heterocycles. The smallest absolute Gasteiger partial charge is 0.334 e. The molecule has 0 saturated carbocycles. The number of ether oxygens (including phenoxy) is 9. The van der Waals surface area contributed by atoms with Crippen molar-refractivity contribution in [2.75, 3.05) is 21.3 Å². The molecule has 2 amide bonds. The summed E-state index contributed by atoms with van der Waals surface area (Å²) in [5.74, 6) is 1.25. The lowest BCUT2D eigenvalue weighted by Crippen LogP contribution is -2.21. The minimum Gasteiger partial charge on any atom is -0.479 e. The number of nitrogens with zero attached hydrogens (tertiary/aromatic N) is 1. The van der Waals surface area contributed by atoms with Crippen molar-refractivity contribution in [2.45, 2.75) is 144 Å². The molecule has 0 spiro atoms. The van der Waals surface area contributed by atoms with Gasteiger partial charge in [-0.15, -0.1) is 0 Å². The van der Waals surface area contributed by atoms with Gasteiger partial charge in [0.1, 0.15) is 18.5 Å². The van der Waals surface area contributed by atoms with Gasteiger partial charge in [0, 0.05) is 6.04 Å². The van der Waals surface area contributed by atoms with Crippen LogP contribution in [0.4, 0.5) is 0 Å². The molecule has 25 heteroatoms. The second-order valence-corrected chi connectivity index (χ2v) is 20.8. The summed E-state index contributed by atoms with van der Waals surface area (Å²) in [6, 6.07) is 68.2. The number of amides is 2. The number of carbonyl (C=O) groups excluding carboxylic acids is 6. The van der Waals surface area contributed by atoms with Gasteiger partial charge in [-0.1, -0.05) is 212 Å². The molecule has 7 rings (SSSR count). The molecule has 3 unspecified atom stereocenters. The fourth-order valence-corrected chi connectivity index (χ4v) is 6.58. The first kappa shape index (κ1) is 92.9. The van der Waals surface area contributed by atoms with E-state index in [0.29, 0.717) is 52.5 Å². The summed E-state index contributed by atoms with van der Waals surface area (Å²) in [7, 11) is 3.93. The number of hydrazone groups is 1. The number of carbonyl (C=O) groups is 8. The first-order valence-electron chi connectivity index (χ1n) is 31.6. The van der Waals surface area contributed by atoms with Gasteiger partial charge >= 0.3 is 29.8 Å². The minimum atomic E-state index is -0.995. The van der Waals surface area contributed by atoms with Gasteiger partial charge in [0.05, 0.1) is 73.3 Å². The number of carboxylic acids is 2. The maximum atomic E-state index is 11.0. The van der Waals surface area contributed by atoms with Crippen LogP contribution in [0.3, 0.4) is 0 Å². The van der Waals surface area contributed by atoms with Gasteiger partial charge in [0.25, 0.3) is 0 Å². The number of rotatable bonds is 29. The van der Waals surface area contributed by atoms with Crippen LogP contribution in [0.15, 0.2) is 217 Å². The summed E-state index contributed by atoms with van der Waals surface area (Å²) in [5, 5.41) is 29.1. The first-order valence-corrected chi connectivity index (χ1v) is 31.6. The third-order valence-electron chi connectivity index (χ3n) is 12.4. The van der Waals surface area contributed by atoms with Crippen molar-refractivity contribution in [1.82, 2.24) is 10.9 Å². The lowest BCUT2D eigenvalue weighted by Gasteiger charge is -2.10. The summed E-state index contributed by atoms with van der Waals surface area (Å²) in [6.45, 7) is 15.9. The molecule has 0 aliphatic heterocycles. The predicted octanol–water partition coefficient (Wildman–Crippen LogP) is 9.85. The molecule has 7 aromatic rings. The van der Waals surface area contributed by atoms with Crippen molar-refractivity contribution in [3.63, 3.8) is 0 Å². The Hall–Kier alpha value is -10.2. The van der Waals surface area contributed by atoms with Crippen LogP contribution in [-0.2, 0) is 121 Å². The van der Waals surface area contributed by atoms with Crippen molar-refractivity contribution in [3.05, 3.63) is 251 Å². The van der Waals surface area contributed by atoms with Crippen LogP contribution in [-0.4, -0.2) is 135 Å². The number of nitrogens with two attached hydrogens (primary N) is 2. The topological polar surface area (TPSA) is 369 Å². The summed E-state index contributed by atoms with van der Waals surface area (Å²) in [6.07, 6.45) is -0.713. The highest BCUT2D eigenvalue weighted by Crippen LogP contribution is 2.10. The van der Waals surface area contributed by atoms with Crippen LogP contribution >= 0.6 is 0 Å². The standard InChI is InChI=1S/C11H14N2O2.2C11H14O3.2C10H12O3.C10H12O2.C8H11N.C4H8O3.CH4N2O/c1-10(7-12-13-9-14)15-8-11-5-3-2-4-6-11;2*1-9(11(12)13-2)14-8-10-6-4-3-5-7-10;2*1-8(10(11)12)13-7-9-5-3-2-4-6-9;1-9(7-11)12-8-10-5-3-2-4-6-10;1-7(9)8-5-3-2-4-6-8;1-3(5)4(6)7-2;2-3-1-4/h2-7,9-10H,8H2,1H3,(H,13,14);2*3-7,9H,8H2,1-2H3;2*2-6,8H,7H2,1H3,(H,11,12);2-7,9H,8H2,1H3;2-7H,9H2,1H3;3,5H,1-2H3;1H,2H2,(H,3,4)/b12-7+;;;;;;;;/t10-;9-;;8-;;9-;7-;;/m00.0.00../s1. The van der Waals surface area contributed by atoms with Crippen molar-refractivity contribution in [1.29, 1.82) is 0 Å². The van der Waals surface area contributed by atoms with Gasteiger partial charge < -0.3 is 68.5 Å². The van der Waals surface area contributed by atoms with Gasteiger partial charge in [-0.2, -0.15) is 5.10 Å². The molecule has 8 atom stereocenters. The SMILES string of the molecule is CC(OCc1ccccc1)C(=O)O.COC(=O)C(C)O.COC(=O)C(C)OCc1ccccc1.COC(=O)[C@H](C)OCc1ccccc1.C[C@@H](/C=N/NC=O)OCc1ccccc1.C[C@@H](C=O)OCc1ccccc1.C[C@H](N)c1ccccc1.C[C@H](OCc1ccccc1)C(=O)O.NNC=O. The molecule has 101 heavy (non-hydrogen) atoms. The van der Waals surface area contributed by atoms with Gasteiger partial charge in [0.15, 0.2) is 24.4 Å². The van der Waals surface area contributed by atoms with E-state index in [0.717, 1.165) is 39.7 Å². The molecular weight excluding hydrogens is 1300 g/mol. The van der Waals surface area contributed by atoms with Gasteiger partial charge in [-0.3, -0.25) is 15.0 Å². The average Bonchev–Trinajstić information content (AvgIpc) is 1.66. The zero-order valence-corrected chi connectivity index (χ0v) is 59.3. The van der Waals surface area contributed by atoms with Gasteiger partial charge in [-0.25, -0.2) is 35.2 Å². The molecule has 9 N–H and O–H groups in total. The van der Waals surface area contributed by atoms with Crippen LogP contribution in [0.5, 0.6) is 0 Å². The van der Waals surface area contributed by atoms with Crippen molar-refractivity contribution < 1.29 is 96.3 Å². The lowest BCUT2D eigenvalue weighted by molar-refractivity contribution is -0.154. The third kappa shape index (κ3) is 53.5. The van der Waals surface area contributed by atoms with Crippen LogP contribution in [0.1, 0.15) is 100 Å². The van der Waals surface area contributed by atoms with E-state index >= 15 is 0 Å². The monoisotopic (exact) mass is 1400 g/mol. The molecule has 0 aliphatic carbocycles. The third-order valence-corrected chi connectivity index (χ3v) is 12.4. The van der Waals surface area contributed by atoms with Gasteiger partial charge in [0.2, 0.25) is 12.8 Å². The van der Waals surface area contributed by atoms with E-state index in [1.165, 1.54) is 53.9 Å². The average molecular weight is 1400 g/mol. The highest BCUT2D eigenvalue weighted by Gasteiger charge is 2.15. The molecule has 0 radical (unpaired) electrons. The first-order chi connectivity index (χ1) is 48.4. The number of carboxylic acid groups (broad SMARTS) is 2. The Balaban J connectivity index is 0. The number of aliphatic hydroxyl groups excluding tert-OH is 1. The molecule has 7 aromatic carbocycles. The van der Waals surface area contributed by atoms with Crippen LogP contribution in [0, 0.1) is 0 Å². The largest absolute Gasteiger partial charge is 0.479 e. The van der Waals surface area contributed by atoms with Crippen molar-refractivity contribution in [3.8, 4) is 0 Å². The Labute approximate surface area is 593 Å². The minimum absolute atomic E-state index is 0.127. The summed E-state index contributed by atoms with van der Waals surface area (Å²) in [5.41, 5.74) is 17.0. The highest BCUT2D eigenvalue weighted by atomic mass is 16.6. The molecule has 0 aliphatic rings. The van der Waals surface area contributed by atoms with Gasteiger partial charge in [-0.05, 0) is 94.3 Å². The van der Waals surface area contributed by atoms with E-state index in [1.807, 2.05) is 226 Å². The molecule has 0 heterocycles. The van der Waals surface area contributed by atoms with E-state index in [9.17, 15) is 33.6 Å². The number of hydrogen-bond donors (Lipinski definition) is 7. The molecular formula is C76H101N5O20. The Morgan fingerprint density at radius 2 is 0.644 bits per heavy atom. The number of nitrogens with one attached hydrogen (secondary N) is 2. The molecule has 0 aromatic heterocycles. The van der Waals surface area contributed by atoms with Crippen LogP contribution in [0.2, 0.25) is 0 Å². The molecule has 550 valence electrons. The quantitative estimate of drug-likeness (QED) is 0.00436. The van der Waals surface area contributed by atoms with E-state index < -0.39 is 48.4 Å². The lowest BCUT2D eigenvalue weighted by atomic mass is 10.1. The van der Waals surface area contributed by atoms with Crippen LogP contribution < -0.4 is 22.4 Å². The number of hydrogen-bond acceptors (Lipinski definition) is 21. The highest BCUT2D eigenvalue weighted by molar-refractivity contribution is 5.75. The molecule has 0 bridgehead atoms. The second kappa shape index (κ2) is 62.1. The maximum absolute atomic E-state index is 11.0. The Morgan fingerprint density at radius 3 is 0.842 bits per heavy atom. The second-order valence-electron chi connectivity index (χ2n) is 20.8. The zero-order chi connectivity index (χ0) is 75.9. The predicted molar refractivity (Wildman–Crippen MR) is 383 cm³/mol. The number of aliphatic carboxylic acids is 2. The number of hydrazine groups is 1. The Kier molecular flexibility index (Phi) is 57.1. The molecule has 0 fully saturated rings. The number of benzene rings is 7.